The van der Waals surface area contributed by atoms with Crippen molar-refractivity contribution in [2.45, 2.75) is 81.5 Å². The van der Waals surface area contributed by atoms with E-state index < -0.39 is 52.0 Å². The summed E-state index contributed by atoms with van der Waals surface area (Å²) in [6.45, 7) is 10.1. The van der Waals surface area contributed by atoms with Crippen molar-refractivity contribution >= 4 is 53.1 Å². The summed E-state index contributed by atoms with van der Waals surface area (Å²) in [7, 11) is 3.11. The lowest BCUT2D eigenvalue weighted by molar-refractivity contribution is 0.00961. The number of hydrogen-bond acceptors (Lipinski definition) is 9. The Hall–Kier alpha value is -3.28. The molecule has 262 valence electrons. The van der Waals surface area contributed by atoms with Crippen molar-refractivity contribution in [1.82, 2.24) is 10.2 Å². The van der Waals surface area contributed by atoms with Crippen LogP contribution >= 0.6 is 34.8 Å². The maximum Gasteiger partial charge on any atom is 0.508 e. The maximum absolute atomic E-state index is 13.8. The first-order chi connectivity index (χ1) is 21.8. The van der Waals surface area contributed by atoms with Crippen LogP contribution in [0.25, 0.3) is 0 Å². The van der Waals surface area contributed by atoms with Crippen molar-refractivity contribution < 1.29 is 42.8 Å². The van der Waals surface area contributed by atoms with Crippen LogP contribution in [0.5, 0.6) is 11.5 Å². The molecule has 0 aliphatic heterocycles. The van der Waals surface area contributed by atoms with Crippen LogP contribution in [0.1, 0.15) is 77.6 Å². The number of carbonyl (C=O) groups is 3. The highest BCUT2D eigenvalue weighted by molar-refractivity contribution is 6.67. The van der Waals surface area contributed by atoms with E-state index in [1.165, 1.54) is 4.90 Å². The van der Waals surface area contributed by atoms with Crippen molar-refractivity contribution in [3.8, 4) is 11.5 Å². The first-order valence-electron chi connectivity index (χ1n) is 14.9. The van der Waals surface area contributed by atoms with Gasteiger partial charge in [-0.15, -0.1) is 0 Å². The molecule has 0 aliphatic rings. The number of nitrogens with one attached hydrogen (secondary N) is 1. The molecule has 14 heteroatoms. The molecule has 0 spiro atoms. The average Bonchev–Trinajstić information content (AvgIpc) is 2.96. The zero-order valence-corrected chi connectivity index (χ0v) is 30.3. The molecular weight excluding hydrogens is 675 g/mol. The highest BCUT2D eigenvalue weighted by atomic mass is 35.6. The molecule has 2 rings (SSSR count). The van der Waals surface area contributed by atoms with Gasteiger partial charge in [0.2, 0.25) is 3.79 Å². The third kappa shape index (κ3) is 15.4. The molecule has 0 aromatic heterocycles. The zero-order chi connectivity index (χ0) is 35.4. The van der Waals surface area contributed by atoms with E-state index in [0.717, 1.165) is 11.1 Å². The Labute approximate surface area is 292 Å². The lowest BCUT2D eigenvalue weighted by Crippen LogP contribution is -2.42. The van der Waals surface area contributed by atoms with E-state index in [1.807, 2.05) is 24.3 Å². The molecule has 0 saturated carbocycles. The molecule has 0 radical (unpaired) electrons. The van der Waals surface area contributed by atoms with Crippen molar-refractivity contribution in [2.24, 2.45) is 0 Å². The molecule has 2 atom stereocenters. The molecule has 1 N–H and O–H groups in total. The molecule has 11 nitrogen and oxygen atoms in total. The van der Waals surface area contributed by atoms with Gasteiger partial charge in [-0.3, -0.25) is 0 Å². The number of carbonyl (C=O) groups excluding carboxylic acids is 3. The lowest BCUT2D eigenvalue weighted by Gasteiger charge is -2.35. The third-order valence-corrected chi connectivity index (χ3v) is 6.66. The van der Waals surface area contributed by atoms with Gasteiger partial charge < -0.3 is 38.6 Å². The number of methoxy groups -OCH3 is 2. The van der Waals surface area contributed by atoms with E-state index in [2.05, 4.69) is 5.32 Å². The summed E-state index contributed by atoms with van der Waals surface area (Å²) in [6, 6.07) is 13.1. The first-order valence-corrected chi connectivity index (χ1v) is 16.1. The normalized spacial score (nSPS) is 13.1. The fourth-order valence-corrected chi connectivity index (χ4v) is 4.50. The molecule has 0 aliphatic carbocycles. The van der Waals surface area contributed by atoms with Crippen LogP contribution in [0.2, 0.25) is 0 Å². The second-order valence-corrected chi connectivity index (χ2v) is 15.0. The quantitative estimate of drug-likeness (QED) is 0.123. The van der Waals surface area contributed by atoms with Gasteiger partial charge in [0.1, 0.15) is 29.3 Å². The Morgan fingerprint density at radius 1 is 0.745 bits per heavy atom. The number of amides is 2. The standard InChI is InChI=1S/C33H45Cl3N2O9/c1-31(2,3)46-28(39)37-26(22-9-13-24(42-7)14-10-22)17-19-38(29(40)47-32(4,5)6)27(23-11-15-25(43-8)16-12-23)18-20-44-30(41)45-21-33(34,35)36/h9-16,26-27H,17-21H2,1-8H3,(H,37,39)/t26-,27-/m0/s1. The van der Waals surface area contributed by atoms with Gasteiger partial charge >= 0.3 is 18.3 Å². The van der Waals surface area contributed by atoms with Crippen LogP contribution in [-0.2, 0) is 18.9 Å². The van der Waals surface area contributed by atoms with Crippen molar-refractivity contribution in [2.75, 3.05) is 34.0 Å². The number of ether oxygens (including phenoxy) is 6. The van der Waals surface area contributed by atoms with Crippen molar-refractivity contribution in [3.05, 3.63) is 59.7 Å². The molecule has 0 fully saturated rings. The minimum atomic E-state index is -1.80. The van der Waals surface area contributed by atoms with Gasteiger partial charge in [0.05, 0.1) is 32.9 Å². The second kappa shape index (κ2) is 17.8. The summed E-state index contributed by atoms with van der Waals surface area (Å²) >= 11 is 17.0. The molecule has 2 amide bonds. The smallest absolute Gasteiger partial charge is 0.497 e. The van der Waals surface area contributed by atoms with Crippen LogP contribution in [-0.4, -0.2) is 72.2 Å². The van der Waals surface area contributed by atoms with E-state index in [1.54, 1.807) is 80.0 Å². The summed E-state index contributed by atoms with van der Waals surface area (Å²) in [4.78, 5) is 40.5. The Kier molecular flexibility index (Phi) is 15.1. The summed E-state index contributed by atoms with van der Waals surface area (Å²) in [5, 5.41) is 2.93. The molecule has 0 unspecified atom stereocenters. The molecule has 47 heavy (non-hydrogen) atoms. The van der Waals surface area contributed by atoms with Gasteiger partial charge in [-0.05, 0) is 83.4 Å². The fourth-order valence-electron chi connectivity index (χ4n) is 4.34. The van der Waals surface area contributed by atoms with Crippen LogP contribution in [0.3, 0.4) is 0 Å². The van der Waals surface area contributed by atoms with Crippen LogP contribution in [0.4, 0.5) is 14.4 Å². The van der Waals surface area contributed by atoms with Crippen LogP contribution in [0.15, 0.2) is 48.5 Å². The van der Waals surface area contributed by atoms with Gasteiger partial charge in [-0.1, -0.05) is 59.1 Å². The van der Waals surface area contributed by atoms with E-state index in [-0.39, 0.29) is 26.0 Å². The number of alkyl halides is 3. The molecule has 2 aromatic carbocycles. The summed E-state index contributed by atoms with van der Waals surface area (Å²) in [5.41, 5.74) is -0.0596. The predicted octanol–water partition coefficient (Wildman–Crippen LogP) is 8.55. The minimum absolute atomic E-state index is 0.121. The summed E-state index contributed by atoms with van der Waals surface area (Å²) < 4.78 is 30.3. The molecule has 0 heterocycles. The number of benzene rings is 2. The lowest BCUT2D eigenvalue weighted by atomic mass is 9.99. The van der Waals surface area contributed by atoms with Gasteiger partial charge in [-0.2, -0.15) is 0 Å². The topological polar surface area (TPSA) is 122 Å². The first kappa shape index (κ1) is 39.9. The highest BCUT2D eigenvalue weighted by Crippen LogP contribution is 2.31. The van der Waals surface area contributed by atoms with Crippen molar-refractivity contribution in [3.63, 3.8) is 0 Å². The number of alkyl carbamates (subject to hydrolysis) is 1. The highest BCUT2D eigenvalue weighted by Gasteiger charge is 2.32. The van der Waals surface area contributed by atoms with Crippen molar-refractivity contribution in [1.29, 1.82) is 0 Å². The van der Waals surface area contributed by atoms with E-state index in [9.17, 15) is 14.4 Å². The second-order valence-electron chi connectivity index (χ2n) is 12.5. The number of rotatable bonds is 13. The molecule has 2 aromatic rings. The Morgan fingerprint density at radius 3 is 1.72 bits per heavy atom. The maximum atomic E-state index is 13.8. The Morgan fingerprint density at radius 2 is 1.26 bits per heavy atom. The SMILES string of the molecule is COc1ccc([C@H](CCN(C(=O)OC(C)(C)C)[C@@H](CCOC(=O)OCC(Cl)(Cl)Cl)c2ccc(OC)cc2)NC(=O)OC(C)(C)C)cc1. The van der Waals surface area contributed by atoms with E-state index in [0.29, 0.717) is 11.5 Å². The van der Waals surface area contributed by atoms with Gasteiger partial charge in [-0.25, -0.2) is 14.4 Å². The van der Waals surface area contributed by atoms with Crippen LogP contribution in [0, 0.1) is 0 Å². The zero-order valence-electron chi connectivity index (χ0n) is 28.1. The molecule has 0 bridgehead atoms. The minimum Gasteiger partial charge on any atom is -0.497 e. The predicted molar refractivity (Wildman–Crippen MR) is 181 cm³/mol. The van der Waals surface area contributed by atoms with E-state index in [4.69, 9.17) is 63.2 Å². The largest absolute Gasteiger partial charge is 0.508 e. The summed E-state index contributed by atoms with van der Waals surface area (Å²) in [5.74, 6) is 1.26. The van der Waals surface area contributed by atoms with Gasteiger partial charge in [0.15, 0.2) is 0 Å². The summed E-state index contributed by atoms with van der Waals surface area (Å²) in [6.07, 6.45) is -1.83. The van der Waals surface area contributed by atoms with E-state index >= 15 is 0 Å². The Balaban J connectivity index is 2.45. The molecule has 0 saturated heterocycles. The molecular formula is C33H45Cl3N2O9. The number of halogens is 3. The fraction of sp³-hybridized carbons (Fsp3) is 0.545. The number of nitrogens with zero attached hydrogens (tertiary/aromatic N) is 1. The average molecular weight is 720 g/mol. The van der Waals surface area contributed by atoms with Gasteiger partial charge in [0, 0.05) is 13.0 Å². The third-order valence-electron chi connectivity index (χ3n) is 6.34. The van der Waals surface area contributed by atoms with Crippen LogP contribution < -0.4 is 14.8 Å². The van der Waals surface area contributed by atoms with Gasteiger partial charge in [0.25, 0.3) is 0 Å². The monoisotopic (exact) mass is 718 g/mol. The number of hydrogen-bond donors (Lipinski definition) is 1. The Bertz CT molecular complexity index is 1290.